The van der Waals surface area contributed by atoms with E-state index in [4.69, 9.17) is 0 Å². The van der Waals surface area contributed by atoms with E-state index in [1.54, 1.807) is 0 Å². The van der Waals surface area contributed by atoms with Gasteiger partial charge < -0.3 is 5.32 Å². The van der Waals surface area contributed by atoms with E-state index in [9.17, 15) is 13.6 Å². The van der Waals surface area contributed by atoms with Gasteiger partial charge in [-0.15, -0.1) is 10.2 Å². The van der Waals surface area contributed by atoms with Gasteiger partial charge in [-0.1, -0.05) is 36.9 Å². The molecule has 0 unspecified atom stereocenters. The number of hydrogen-bond acceptors (Lipinski definition) is 5. The Morgan fingerprint density at radius 2 is 2.14 bits per heavy atom. The third kappa shape index (κ3) is 5.03. The lowest BCUT2D eigenvalue weighted by Crippen LogP contribution is -2.13. The Morgan fingerprint density at radius 3 is 2.86 bits per heavy atom. The molecule has 4 nitrogen and oxygen atoms in total. The van der Waals surface area contributed by atoms with Gasteiger partial charge in [0.05, 0.1) is 0 Å². The Hall–Kier alpha value is -1.54. The predicted octanol–water partition coefficient (Wildman–Crippen LogP) is 4.09. The molecule has 1 N–H and O–H groups in total. The highest BCUT2D eigenvalue weighted by Crippen LogP contribution is 2.29. The van der Waals surface area contributed by atoms with E-state index in [-0.39, 0.29) is 23.1 Å². The van der Waals surface area contributed by atoms with Crippen LogP contribution >= 0.6 is 23.1 Å². The van der Waals surface area contributed by atoms with E-state index < -0.39 is 11.6 Å². The molecule has 0 fully saturated rings. The summed E-state index contributed by atoms with van der Waals surface area (Å²) in [6.07, 6.45) is 0.413. The molecule has 0 spiro atoms. The lowest BCUT2D eigenvalue weighted by Gasteiger charge is -2.03. The average Bonchev–Trinajstić information content (AvgIpc) is 2.86. The SMILES string of the molecule is CC(C)CC(=O)Nc1nnc(SCc2cc(F)ccc2F)s1. The van der Waals surface area contributed by atoms with E-state index in [0.717, 1.165) is 18.2 Å². The Kier molecular flexibility index (Phi) is 5.84. The largest absolute Gasteiger partial charge is 0.300 e. The first-order chi connectivity index (χ1) is 10.4. The Bertz CT molecular complexity index is 661. The number of halogens is 2. The molecule has 22 heavy (non-hydrogen) atoms. The van der Waals surface area contributed by atoms with Gasteiger partial charge in [-0.2, -0.15) is 0 Å². The second-order valence-electron chi connectivity index (χ2n) is 5.04. The van der Waals surface area contributed by atoms with Gasteiger partial charge in [0.25, 0.3) is 0 Å². The van der Waals surface area contributed by atoms with Crippen LogP contribution in [0.25, 0.3) is 0 Å². The smallest absolute Gasteiger partial charge is 0.226 e. The van der Waals surface area contributed by atoms with Crippen LogP contribution in [0.1, 0.15) is 25.8 Å². The number of carbonyl (C=O) groups is 1. The average molecular weight is 343 g/mol. The molecule has 1 amide bonds. The zero-order chi connectivity index (χ0) is 16.1. The van der Waals surface area contributed by atoms with E-state index in [1.807, 2.05) is 13.8 Å². The number of benzene rings is 1. The van der Waals surface area contributed by atoms with E-state index in [1.165, 1.54) is 23.1 Å². The summed E-state index contributed by atoms with van der Waals surface area (Å²) >= 11 is 2.46. The highest BCUT2D eigenvalue weighted by atomic mass is 32.2. The third-order valence-corrected chi connectivity index (χ3v) is 4.63. The van der Waals surface area contributed by atoms with Crippen molar-refractivity contribution in [3.8, 4) is 0 Å². The van der Waals surface area contributed by atoms with E-state index >= 15 is 0 Å². The number of rotatable bonds is 6. The molecule has 1 aromatic carbocycles. The molecule has 0 aliphatic heterocycles. The molecule has 0 saturated carbocycles. The first-order valence-corrected chi connectivity index (χ1v) is 8.44. The molecule has 118 valence electrons. The van der Waals surface area contributed by atoms with Gasteiger partial charge in [-0.25, -0.2) is 8.78 Å². The van der Waals surface area contributed by atoms with Gasteiger partial charge in [0.2, 0.25) is 11.0 Å². The first kappa shape index (κ1) is 16.8. The second kappa shape index (κ2) is 7.64. The summed E-state index contributed by atoms with van der Waals surface area (Å²) in [7, 11) is 0. The molecule has 1 heterocycles. The maximum absolute atomic E-state index is 13.5. The van der Waals surface area contributed by atoms with Crippen LogP contribution in [0, 0.1) is 17.6 Å². The van der Waals surface area contributed by atoms with Crippen LogP contribution < -0.4 is 5.32 Å². The summed E-state index contributed by atoms with van der Waals surface area (Å²) in [5.74, 6) is -0.533. The molecule has 0 radical (unpaired) electrons. The molecule has 0 atom stereocenters. The van der Waals surface area contributed by atoms with E-state index in [2.05, 4.69) is 15.5 Å². The van der Waals surface area contributed by atoms with Crippen molar-refractivity contribution in [2.24, 2.45) is 5.92 Å². The molecular weight excluding hydrogens is 328 g/mol. The number of nitrogens with zero attached hydrogens (tertiary/aromatic N) is 2. The fraction of sp³-hybridized carbons (Fsp3) is 0.357. The van der Waals surface area contributed by atoms with Gasteiger partial charge in [0, 0.05) is 17.7 Å². The monoisotopic (exact) mass is 343 g/mol. The van der Waals surface area contributed by atoms with Crippen molar-refractivity contribution in [3.63, 3.8) is 0 Å². The molecule has 0 saturated heterocycles. The second-order valence-corrected chi connectivity index (χ2v) is 7.24. The van der Waals surface area contributed by atoms with Crippen molar-refractivity contribution in [1.82, 2.24) is 10.2 Å². The maximum Gasteiger partial charge on any atom is 0.226 e. The van der Waals surface area contributed by atoms with Crippen LogP contribution in [0.3, 0.4) is 0 Å². The van der Waals surface area contributed by atoms with Crippen molar-refractivity contribution in [2.45, 2.75) is 30.4 Å². The molecular formula is C14H15F2N3OS2. The van der Waals surface area contributed by atoms with Crippen LogP contribution in [0.15, 0.2) is 22.5 Å². The highest BCUT2D eigenvalue weighted by Gasteiger charge is 2.11. The first-order valence-electron chi connectivity index (χ1n) is 6.64. The normalized spacial score (nSPS) is 11.0. The van der Waals surface area contributed by atoms with Crippen LogP contribution in [-0.2, 0) is 10.5 Å². The predicted molar refractivity (Wildman–Crippen MR) is 83.9 cm³/mol. The minimum absolute atomic E-state index is 0.112. The minimum Gasteiger partial charge on any atom is -0.300 e. The Balaban J connectivity index is 1.92. The van der Waals surface area contributed by atoms with Crippen molar-refractivity contribution >= 4 is 34.1 Å². The molecule has 0 aliphatic carbocycles. The summed E-state index contributed by atoms with van der Waals surface area (Å²) in [6.45, 7) is 3.91. The number of aromatic nitrogens is 2. The fourth-order valence-corrected chi connectivity index (χ4v) is 3.39. The number of hydrogen-bond donors (Lipinski definition) is 1. The lowest BCUT2D eigenvalue weighted by atomic mass is 10.1. The van der Waals surface area contributed by atoms with Crippen molar-refractivity contribution in [1.29, 1.82) is 0 Å². The number of carbonyl (C=O) groups excluding carboxylic acids is 1. The standard InChI is InChI=1S/C14H15F2N3OS2/c1-8(2)5-12(20)17-13-18-19-14(22-13)21-7-9-6-10(15)3-4-11(9)16/h3-4,6,8H,5,7H2,1-2H3,(H,17,18,20). The zero-order valence-electron chi connectivity index (χ0n) is 12.1. The molecule has 2 rings (SSSR count). The Labute approximate surface area is 135 Å². The summed E-state index contributed by atoms with van der Waals surface area (Å²) in [4.78, 5) is 11.6. The van der Waals surface area contributed by atoms with Crippen LogP contribution in [0.2, 0.25) is 0 Å². The highest BCUT2D eigenvalue weighted by molar-refractivity contribution is 8.00. The lowest BCUT2D eigenvalue weighted by molar-refractivity contribution is -0.116. The minimum atomic E-state index is -0.476. The Morgan fingerprint density at radius 1 is 1.36 bits per heavy atom. The van der Waals surface area contributed by atoms with Gasteiger partial charge in [-0.05, 0) is 24.1 Å². The number of thioether (sulfide) groups is 1. The van der Waals surface area contributed by atoms with Gasteiger partial charge in [0.15, 0.2) is 4.34 Å². The third-order valence-electron chi connectivity index (χ3n) is 2.61. The van der Waals surface area contributed by atoms with Crippen LogP contribution in [-0.4, -0.2) is 16.1 Å². The maximum atomic E-state index is 13.5. The number of amides is 1. The van der Waals surface area contributed by atoms with Gasteiger partial charge in [0.1, 0.15) is 11.6 Å². The molecule has 1 aromatic heterocycles. The molecule has 8 heteroatoms. The van der Waals surface area contributed by atoms with E-state index in [0.29, 0.717) is 15.9 Å². The summed E-state index contributed by atoms with van der Waals surface area (Å²) in [6, 6.07) is 3.34. The quantitative estimate of drug-likeness (QED) is 0.634. The summed E-state index contributed by atoms with van der Waals surface area (Å²) in [5.41, 5.74) is 0.269. The summed E-state index contributed by atoms with van der Waals surface area (Å²) < 4.78 is 27.2. The van der Waals surface area contributed by atoms with Crippen molar-refractivity contribution < 1.29 is 13.6 Å². The van der Waals surface area contributed by atoms with Gasteiger partial charge >= 0.3 is 0 Å². The van der Waals surface area contributed by atoms with Crippen molar-refractivity contribution in [2.75, 3.05) is 5.32 Å². The van der Waals surface area contributed by atoms with Gasteiger partial charge in [-0.3, -0.25) is 4.79 Å². The molecule has 0 bridgehead atoms. The molecule has 2 aromatic rings. The van der Waals surface area contributed by atoms with Crippen LogP contribution in [0.5, 0.6) is 0 Å². The van der Waals surface area contributed by atoms with Crippen molar-refractivity contribution in [3.05, 3.63) is 35.4 Å². The summed E-state index contributed by atoms with van der Waals surface area (Å²) in [5, 5.41) is 10.9. The zero-order valence-corrected chi connectivity index (χ0v) is 13.7. The molecule has 0 aliphatic rings. The topological polar surface area (TPSA) is 54.9 Å². The number of anilines is 1. The fourth-order valence-electron chi connectivity index (χ4n) is 1.65. The number of nitrogens with one attached hydrogen (secondary N) is 1. The van der Waals surface area contributed by atoms with Crippen LogP contribution in [0.4, 0.5) is 13.9 Å².